The fourth-order valence-corrected chi connectivity index (χ4v) is 2.82. The van der Waals surface area contributed by atoms with Crippen molar-refractivity contribution < 1.29 is 9.47 Å². The molecule has 0 aromatic carbocycles. The van der Waals surface area contributed by atoms with Gasteiger partial charge in [0.05, 0.1) is 24.9 Å². The number of rotatable bonds is 4. The molecule has 0 aliphatic carbocycles. The lowest BCUT2D eigenvalue weighted by Crippen LogP contribution is -2.30. The molecule has 1 aromatic rings. The van der Waals surface area contributed by atoms with E-state index in [1.807, 2.05) is 19.9 Å². The zero-order chi connectivity index (χ0) is 12.5. The van der Waals surface area contributed by atoms with Crippen LogP contribution in [-0.4, -0.2) is 34.8 Å². The summed E-state index contributed by atoms with van der Waals surface area (Å²) in [7, 11) is 0. The molecule has 1 aromatic heterocycles. The fraction of sp³-hybridized carbons (Fsp3) is 0.692. The molecule has 0 spiro atoms. The van der Waals surface area contributed by atoms with Crippen molar-refractivity contribution >= 4 is 5.82 Å². The summed E-state index contributed by atoms with van der Waals surface area (Å²) in [5.74, 6) is 2.20. The third-order valence-electron chi connectivity index (χ3n) is 3.55. The molecule has 0 amide bonds. The van der Waals surface area contributed by atoms with Crippen molar-refractivity contribution in [3.8, 4) is 5.88 Å². The van der Waals surface area contributed by atoms with E-state index in [1.165, 1.54) is 6.42 Å². The summed E-state index contributed by atoms with van der Waals surface area (Å²) in [6.45, 7) is 4.45. The number of anilines is 1. The van der Waals surface area contributed by atoms with Crippen LogP contribution in [0.15, 0.2) is 6.07 Å². The summed E-state index contributed by atoms with van der Waals surface area (Å²) in [4.78, 5) is 8.65. The van der Waals surface area contributed by atoms with Gasteiger partial charge in [0.2, 0.25) is 5.88 Å². The van der Waals surface area contributed by atoms with Gasteiger partial charge >= 0.3 is 0 Å². The van der Waals surface area contributed by atoms with Gasteiger partial charge in [0.25, 0.3) is 0 Å². The Morgan fingerprint density at radius 2 is 2.33 bits per heavy atom. The van der Waals surface area contributed by atoms with Crippen LogP contribution in [0, 0.1) is 6.92 Å². The molecule has 2 aliphatic heterocycles. The third-order valence-corrected chi connectivity index (χ3v) is 3.55. The Kier molecular flexibility index (Phi) is 3.07. The second-order valence-corrected chi connectivity index (χ2v) is 4.93. The van der Waals surface area contributed by atoms with E-state index < -0.39 is 0 Å². The van der Waals surface area contributed by atoms with Crippen LogP contribution in [0.4, 0.5) is 5.82 Å². The molecular weight excluding hydrogens is 230 g/mol. The summed E-state index contributed by atoms with van der Waals surface area (Å²) in [6, 6.07) is 2.25. The predicted molar refractivity (Wildman–Crippen MR) is 67.9 cm³/mol. The van der Waals surface area contributed by atoms with Gasteiger partial charge in [-0.2, -0.15) is 4.98 Å². The molecule has 3 atom stereocenters. The molecule has 18 heavy (non-hydrogen) atoms. The number of hydrogen-bond acceptors (Lipinski definition) is 5. The summed E-state index contributed by atoms with van der Waals surface area (Å²) < 4.78 is 11.3. The van der Waals surface area contributed by atoms with Crippen molar-refractivity contribution in [2.75, 3.05) is 11.9 Å². The molecule has 0 radical (unpaired) electrons. The van der Waals surface area contributed by atoms with Crippen LogP contribution in [0.1, 0.15) is 32.0 Å². The topological polar surface area (TPSA) is 56.3 Å². The van der Waals surface area contributed by atoms with Crippen LogP contribution in [0.2, 0.25) is 0 Å². The molecular formula is C13H19N3O2. The van der Waals surface area contributed by atoms with Crippen LogP contribution < -0.4 is 10.1 Å². The first-order valence-corrected chi connectivity index (χ1v) is 6.65. The van der Waals surface area contributed by atoms with Gasteiger partial charge in [-0.05, 0) is 33.1 Å². The minimum absolute atomic E-state index is 0.348. The number of hydrogen-bond donors (Lipinski definition) is 1. The summed E-state index contributed by atoms with van der Waals surface area (Å²) in [5.41, 5.74) is 0. The van der Waals surface area contributed by atoms with Crippen molar-refractivity contribution in [3.05, 3.63) is 11.9 Å². The average Bonchev–Trinajstić information content (AvgIpc) is 2.90. The third kappa shape index (κ3) is 2.27. The van der Waals surface area contributed by atoms with Gasteiger partial charge in [-0.25, -0.2) is 4.98 Å². The van der Waals surface area contributed by atoms with E-state index in [-0.39, 0.29) is 0 Å². The highest BCUT2D eigenvalue weighted by atomic mass is 16.5. The van der Waals surface area contributed by atoms with E-state index in [2.05, 4.69) is 15.3 Å². The van der Waals surface area contributed by atoms with E-state index in [1.54, 1.807) is 0 Å². The molecule has 5 heteroatoms. The van der Waals surface area contributed by atoms with Gasteiger partial charge in [-0.15, -0.1) is 0 Å². The Hall–Kier alpha value is -1.36. The lowest BCUT2D eigenvalue weighted by molar-refractivity contribution is 0.102. The monoisotopic (exact) mass is 249 g/mol. The summed E-state index contributed by atoms with van der Waals surface area (Å²) in [6.07, 6.45) is 4.24. The van der Waals surface area contributed by atoms with Crippen LogP contribution in [0.3, 0.4) is 0 Å². The smallest absolute Gasteiger partial charge is 0.218 e. The number of fused-ring (bicyclic) bond motifs is 2. The van der Waals surface area contributed by atoms with Gasteiger partial charge in [0, 0.05) is 6.07 Å². The van der Waals surface area contributed by atoms with Gasteiger partial charge in [-0.3, -0.25) is 0 Å². The van der Waals surface area contributed by atoms with Crippen molar-refractivity contribution in [1.82, 2.24) is 9.97 Å². The van der Waals surface area contributed by atoms with E-state index in [9.17, 15) is 0 Å². The van der Waals surface area contributed by atoms with Crippen LogP contribution in [-0.2, 0) is 4.74 Å². The van der Waals surface area contributed by atoms with E-state index >= 15 is 0 Å². The van der Waals surface area contributed by atoms with Gasteiger partial charge in [0.1, 0.15) is 11.6 Å². The van der Waals surface area contributed by atoms with Crippen LogP contribution >= 0.6 is 0 Å². The first kappa shape index (κ1) is 11.7. The molecule has 2 aliphatic rings. The summed E-state index contributed by atoms with van der Waals surface area (Å²) >= 11 is 0. The lowest BCUT2D eigenvalue weighted by Gasteiger charge is -2.20. The quantitative estimate of drug-likeness (QED) is 0.883. The Bertz CT molecular complexity index is 438. The van der Waals surface area contributed by atoms with Gasteiger partial charge in [-0.1, -0.05) is 0 Å². The highest BCUT2D eigenvalue weighted by Gasteiger charge is 2.40. The van der Waals surface area contributed by atoms with Crippen molar-refractivity contribution in [1.29, 1.82) is 0 Å². The molecule has 2 bridgehead atoms. The number of aryl methyl sites for hydroxylation is 1. The first-order chi connectivity index (χ1) is 8.74. The number of nitrogens with one attached hydrogen (secondary N) is 1. The van der Waals surface area contributed by atoms with Gasteiger partial charge in [0.15, 0.2) is 0 Å². The minimum atomic E-state index is 0.348. The first-order valence-electron chi connectivity index (χ1n) is 6.65. The van der Waals surface area contributed by atoms with Crippen molar-refractivity contribution in [2.45, 2.75) is 51.4 Å². The van der Waals surface area contributed by atoms with E-state index in [4.69, 9.17) is 9.47 Å². The van der Waals surface area contributed by atoms with E-state index in [0.29, 0.717) is 30.7 Å². The molecule has 2 fully saturated rings. The summed E-state index contributed by atoms with van der Waals surface area (Å²) in [5, 5.41) is 3.46. The minimum Gasteiger partial charge on any atom is -0.478 e. The Morgan fingerprint density at radius 1 is 1.44 bits per heavy atom. The zero-order valence-electron chi connectivity index (χ0n) is 10.8. The fourth-order valence-electron chi connectivity index (χ4n) is 2.82. The number of aromatic nitrogens is 2. The molecule has 5 nitrogen and oxygen atoms in total. The maximum Gasteiger partial charge on any atom is 0.218 e. The molecule has 0 saturated carbocycles. The predicted octanol–water partition coefficient (Wildman–Crippen LogP) is 1.92. The largest absolute Gasteiger partial charge is 0.478 e. The maximum atomic E-state index is 5.83. The Balaban J connectivity index is 1.72. The lowest BCUT2D eigenvalue weighted by atomic mass is 9.95. The Labute approximate surface area is 107 Å². The Morgan fingerprint density at radius 3 is 3.00 bits per heavy atom. The van der Waals surface area contributed by atoms with Crippen LogP contribution in [0.5, 0.6) is 5.88 Å². The maximum absolute atomic E-state index is 5.83. The number of ether oxygens (including phenoxy) is 2. The average molecular weight is 249 g/mol. The standard InChI is InChI=1S/C13H19N3O2/c1-3-17-13-7-12(14-8(2)15-13)16-10-6-9-4-5-11(10)18-9/h7,9-11H,3-6H2,1-2H3,(H,14,15,16). The second-order valence-electron chi connectivity index (χ2n) is 4.93. The van der Waals surface area contributed by atoms with Gasteiger partial charge < -0.3 is 14.8 Å². The second kappa shape index (κ2) is 4.72. The molecule has 98 valence electrons. The highest BCUT2D eigenvalue weighted by molar-refractivity contribution is 5.40. The van der Waals surface area contributed by atoms with Crippen LogP contribution in [0.25, 0.3) is 0 Å². The SMILES string of the molecule is CCOc1cc(NC2CC3CCC2O3)nc(C)n1. The zero-order valence-corrected chi connectivity index (χ0v) is 10.8. The molecule has 1 N–H and O–H groups in total. The molecule has 3 unspecified atom stereocenters. The molecule has 2 saturated heterocycles. The van der Waals surface area contributed by atoms with E-state index in [0.717, 1.165) is 24.5 Å². The normalized spacial score (nSPS) is 29.6. The number of nitrogens with zero attached hydrogens (tertiary/aromatic N) is 2. The molecule has 3 rings (SSSR count). The highest BCUT2D eigenvalue weighted by Crippen LogP contribution is 2.35. The van der Waals surface area contributed by atoms with Crippen molar-refractivity contribution in [3.63, 3.8) is 0 Å². The van der Waals surface area contributed by atoms with Crippen molar-refractivity contribution in [2.24, 2.45) is 0 Å². The molecule has 3 heterocycles.